The first-order chi connectivity index (χ1) is 3.83. The molecule has 1 N–H and O–H groups in total. The highest BCUT2D eigenvalue weighted by Crippen LogP contribution is 1.86. The first kappa shape index (κ1) is 11.8. The van der Waals surface area contributed by atoms with Crippen LogP contribution in [0.15, 0.2) is 0 Å². The van der Waals surface area contributed by atoms with Crippen molar-refractivity contribution in [3.63, 3.8) is 0 Å². The van der Waals surface area contributed by atoms with Gasteiger partial charge < -0.3 is 18.0 Å². The summed E-state index contributed by atoms with van der Waals surface area (Å²) in [7, 11) is 0. The number of hydrogen-bond donors (Lipinski definition) is 1. The van der Waals surface area contributed by atoms with E-state index >= 15 is 0 Å². The average molecular weight is 214 g/mol. The molecule has 0 aromatic rings. The van der Waals surface area contributed by atoms with Crippen molar-refractivity contribution in [3.05, 3.63) is 0 Å². The predicted octanol–water partition coefficient (Wildman–Crippen LogP) is 1.36. The number of hydrogen-bond acceptors (Lipinski definition) is 1. The monoisotopic (exact) mass is 212 g/mol. The molecule has 0 bridgehead atoms. The molecule has 0 atom stereocenters. The van der Waals surface area contributed by atoms with Gasteiger partial charge in [-0.2, -0.15) is 0 Å². The van der Waals surface area contributed by atoms with E-state index in [4.69, 9.17) is 21.5 Å². The van der Waals surface area contributed by atoms with Gasteiger partial charge in [0, 0.05) is 5.88 Å². The van der Waals surface area contributed by atoms with Crippen molar-refractivity contribution in [2.24, 2.45) is 0 Å². The van der Waals surface area contributed by atoms with E-state index in [9.17, 15) is 0 Å². The first-order valence-electron chi connectivity index (χ1n) is 2.03. The van der Waals surface area contributed by atoms with E-state index in [1.165, 1.54) is 4.55 Å². The fraction of sp³-hybridized carbons (Fsp3) is 0.667. The van der Waals surface area contributed by atoms with E-state index in [1.54, 1.807) is 0 Å². The molecule has 5 heteroatoms. The number of rotatable bonds is 2. The van der Waals surface area contributed by atoms with Gasteiger partial charge in [-0.25, -0.2) is 0 Å². The molecular weight excluding hydrogens is 208 g/mol. The average Bonchev–Trinajstić information content (AvgIpc) is 1.71. The Morgan fingerprint density at radius 3 is 2.25 bits per heavy atom. The van der Waals surface area contributed by atoms with Gasteiger partial charge in [0.15, 0.2) is 0 Å². The van der Waals surface area contributed by atoms with Gasteiger partial charge in [-0.15, -0.1) is 16.2 Å². The van der Waals surface area contributed by atoms with Gasteiger partial charge in [-0.1, -0.05) is 0 Å². The summed E-state index contributed by atoms with van der Waals surface area (Å²) in [5.41, 5.74) is 0. The van der Waals surface area contributed by atoms with Crippen molar-refractivity contribution in [3.8, 4) is 0 Å². The molecule has 0 aliphatic rings. The summed E-state index contributed by atoms with van der Waals surface area (Å²) < 4.78 is 1.21. The maximum atomic E-state index is 8.36. The molecule has 0 fully saturated rings. The zero-order valence-electron chi connectivity index (χ0n) is 4.31. The van der Waals surface area contributed by atoms with Crippen LogP contribution in [-0.2, 0) is 4.79 Å². The highest BCUT2D eigenvalue weighted by Gasteiger charge is 1.81. The Bertz CT molecular complexity index is 44.3. The lowest BCUT2D eigenvalue weighted by molar-refractivity contribution is -0.122. The molecule has 0 saturated heterocycles. The van der Waals surface area contributed by atoms with Gasteiger partial charge in [-0.05, 0) is 0 Å². The molecule has 0 saturated carbocycles. The fourth-order valence-corrected chi connectivity index (χ4v) is 2.36. The molecule has 0 aromatic heterocycles. The number of halogens is 2. The van der Waals surface area contributed by atoms with E-state index in [0.29, 0.717) is 0 Å². The molecule has 0 aliphatic heterocycles. The lowest BCUT2D eigenvalue weighted by atomic mass is 11.0. The van der Waals surface area contributed by atoms with Crippen LogP contribution < -0.4 is 0 Å². The van der Waals surface area contributed by atoms with Gasteiger partial charge in [0.1, 0.15) is 0 Å². The summed E-state index contributed by atoms with van der Waals surface area (Å²) in [6.07, 6.45) is 0. The Hall–Kier alpha value is 1.01. The number of carboxylic acid groups (broad SMARTS) is 1. The third-order valence-electron chi connectivity index (χ3n) is 0.267. The molecule has 46 valence electrons. The van der Waals surface area contributed by atoms with Crippen molar-refractivity contribution < 1.29 is 9.90 Å². The minimum Gasteiger partial charge on any atom is -0.483 e. The third-order valence-corrected chi connectivity index (χ3v) is 3.29. The minimum atomic E-state index is -0.250. The first-order valence-corrected chi connectivity index (χ1v) is 7.46. The Labute approximate surface area is 69.2 Å². The molecular formula is C3H6BrClMgO2. The van der Waals surface area contributed by atoms with Crippen LogP contribution >= 0.6 is 24.5 Å². The molecule has 0 radical (unpaired) electrons. The summed E-state index contributed by atoms with van der Waals surface area (Å²) in [6.45, 7) is -0.250. The second-order valence-electron chi connectivity index (χ2n) is 0.837. The third kappa shape index (κ3) is 28.0. The summed E-state index contributed by atoms with van der Waals surface area (Å²) in [4.78, 5) is 8.36. The summed E-state index contributed by atoms with van der Waals surface area (Å²) in [5, 5.41) is 6.89. The van der Waals surface area contributed by atoms with Crippen molar-refractivity contribution in [1.29, 1.82) is 0 Å². The van der Waals surface area contributed by atoms with Gasteiger partial charge in [-0.3, -0.25) is 4.79 Å². The van der Waals surface area contributed by atoms with E-state index in [0.717, 1.165) is 5.88 Å². The van der Waals surface area contributed by atoms with Gasteiger partial charge in [0.2, 0.25) is 0 Å². The van der Waals surface area contributed by atoms with Crippen molar-refractivity contribution in [2.45, 2.75) is 4.55 Å². The smallest absolute Gasteiger partial charge is 0.469 e. The van der Waals surface area contributed by atoms with E-state index in [1.807, 2.05) is 0 Å². The van der Waals surface area contributed by atoms with Gasteiger partial charge >= 0.3 is 18.2 Å². The highest BCUT2D eigenvalue weighted by molar-refractivity contribution is 9.23. The molecule has 2 nitrogen and oxygen atoms in total. The van der Waals surface area contributed by atoms with Crippen molar-refractivity contribution >= 4 is 49.1 Å². The zero-order chi connectivity index (χ0) is 6.83. The summed E-state index contributed by atoms with van der Waals surface area (Å²) in [6, 6.07) is 0. The van der Waals surface area contributed by atoms with Gasteiger partial charge in [0.25, 0.3) is 6.47 Å². The van der Waals surface area contributed by atoms with Crippen LogP contribution in [0.1, 0.15) is 0 Å². The highest BCUT2D eigenvalue weighted by atomic mass is 79.9. The Morgan fingerprint density at radius 2 is 2.25 bits per heavy atom. The molecule has 0 rings (SSSR count). The Morgan fingerprint density at radius 1 is 1.88 bits per heavy atom. The van der Waals surface area contributed by atoms with Crippen LogP contribution in [0.3, 0.4) is 0 Å². The second kappa shape index (κ2) is 15.7. The Balaban J connectivity index is 0. The van der Waals surface area contributed by atoms with Crippen LogP contribution in [0.4, 0.5) is 0 Å². The van der Waals surface area contributed by atoms with Crippen LogP contribution in [0.25, 0.3) is 0 Å². The summed E-state index contributed by atoms with van der Waals surface area (Å²) in [5.74, 6) is 0.831. The van der Waals surface area contributed by atoms with E-state index in [-0.39, 0.29) is 24.7 Å². The fourth-order valence-electron chi connectivity index (χ4n) is 0.0505. The quantitative estimate of drug-likeness (QED) is 0.427. The molecule has 0 unspecified atom stereocenters. The standard InChI is InChI=1S/C2H4Cl.CH2O2.BrH.Mg/c1-2-3;2-1-3;;/h1-2H2;1H,(H,2,3);1H;/q;;;+1/p-1. The van der Waals surface area contributed by atoms with Crippen LogP contribution in [0.5, 0.6) is 0 Å². The van der Waals surface area contributed by atoms with Crippen LogP contribution in [0, 0.1) is 0 Å². The molecule has 8 heavy (non-hydrogen) atoms. The van der Waals surface area contributed by atoms with Crippen LogP contribution in [0.2, 0.25) is 4.55 Å². The van der Waals surface area contributed by atoms with Gasteiger partial charge in [0.05, 0.1) is 0 Å². The maximum absolute atomic E-state index is 8.36. The molecule has 0 aromatic carbocycles. The van der Waals surface area contributed by atoms with Crippen LogP contribution in [-0.4, -0.2) is 35.7 Å². The molecule has 0 aliphatic carbocycles. The minimum absolute atomic E-state index is 0.0945. The molecule has 0 spiro atoms. The molecule has 0 amide bonds. The largest absolute Gasteiger partial charge is 0.483 e. The van der Waals surface area contributed by atoms with Crippen molar-refractivity contribution in [1.82, 2.24) is 0 Å². The zero-order valence-corrected chi connectivity index (χ0v) is 8.07. The molecule has 0 heterocycles. The normalized spacial score (nSPS) is 5.75. The van der Waals surface area contributed by atoms with Crippen molar-refractivity contribution in [2.75, 3.05) is 5.88 Å². The van der Waals surface area contributed by atoms with E-state index in [2.05, 4.69) is 12.9 Å². The number of carbonyl (C=O) groups is 1. The predicted molar refractivity (Wildman–Crippen MR) is 38.9 cm³/mol. The van der Waals surface area contributed by atoms with E-state index < -0.39 is 0 Å². The lowest BCUT2D eigenvalue weighted by Crippen LogP contribution is -1.73. The summed E-state index contributed by atoms with van der Waals surface area (Å²) >= 11 is 8.76. The lowest BCUT2D eigenvalue weighted by Gasteiger charge is -1.71. The SMILES string of the molecule is ClC[CH2][Mg][Br].O=CO. The maximum Gasteiger partial charge on any atom is 0.469 e. The Kier molecular flexibility index (Phi) is 23.1. The second-order valence-corrected chi connectivity index (χ2v) is 4.68. The topological polar surface area (TPSA) is 37.3 Å². The number of alkyl halides is 1.